The van der Waals surface area contributed by atoms with Gasteiger partial charge in [0.25, 0.3) is 0 Å². The first-order valence-corrected chi connectivity index (χ1v) is 8.44. The van der Waals surface area contributed by atoms with Crippen molar-refractivity contribution in [1.29, 1.82) is 0 Å². The highest BCUT2D eigenvalue weighted by Gasteiger charge is 2.26. The molecule has 1 aromatic heterocycles. The highest BCUT2D eigenvalue weighted by Crippen LogP contribution is 2.26. The zero-order valence-corrected chi connectivity index (χ0v) is 13.4. The molecule has 1 saturated heterocycles. The number of nitrogens with zero attached hydrogens (tertiary/aromatic N) is 1. The third-order valence-corrected chi connectivity index (χ3v) is 4.62. The van der Waals surface area contributed by atoms with Crippen molar-refractivity contribution in [3.8, 4) is 0 Å². The van der Waals surface area contributed by atoms with Crippen molar-refractivity contribution in [2.24, 2.45) is 0 Å². The van der Waals surface area contributed by atoms with Gasteiger partial charge in [-0.3, -0.25) is 4.90 Å². The molecule has 2 atom stereocenters. The fourth-order valence-corrected chi connectivity index (χ4v) is 3.38. The van der Waals surface area contributed by atoms with Gasteiger partial charge in [0.15, 0.2) is 0 Å². The van der Waals surface area contributed by atoms with Crippen molar-refractivity contribution in [2.75, 3.05) is 19.6 Å². The minimum atomic E-state index is 0.343. The molecule has 0 spiro atoms. The van der Waals surface area contributed by atoms with Gasteiger partial charge in [-0.25, -0.2) is 0 Å². The summed E-state index contributed by atoms with van der Waals surface area (Å²) >= 11 is 0. The van der Waals surface area contributed by atoms with E-state index in [-0.39, 0.29) is 0 Å². The van der Waals surface area contributed by atoms with Crippen molar-refractivity contribution < 1.29 is 4.42 Å². The lowest BCUT2D eigenvalue weighted by Gasteiger charge is -2.28. The first kappa shape index (κ1) is 15.3. The molecule has 3 nitrogen and oxygen atoms in total. The van der Waals surface area contributed by atoms with Gasteiger partial charge < -0.3 is 9.73 Å². The van der Waals surface area contributed by atoms with E-state index >= 15 is 0 Å². The predicted molar refractivity (Wildman–Crippen MR) is 89.7 cm³/mol. The average Bonchev–Trinajstić information content (AvgIpc) is 3.26. The van der Waals surface area contributed by atoms with Crippen LogP contribution in [0.25, 0.3) is 0 Å². The molecule has 1 aliphatic rings. The summed E-state index contributed by atoms with van der Waals surface area (Å²) in [7, 11) is 0. The number of hydrogen-bond donors (Lipinski definition) is 1. The van der Waals surface area contributed by atoms with Crippen LogP contribution in [0.5, 0.6) is 0 Å². The van der Waals surface area contributed by atoms with Crippen molar-refractivity contribution >= 4 is 0 Å². The molecule has 2 aromatic rings. The van der Waals surface area contributed by atoms with Crippen LogP contribution in [0.2, 0.25) is 0 Å². The number of benzene rings is 1. The quantitative estimate of drug-likeness (QED) is 0.832. The zero-order valence-electron chi connectivity index (χ0n) is 13.4. The summed E-state index contributed by atoms with van der Waals surface area (Å²) in [5.74, 6) is 1.08. The van der Waals surface area contributed by atoms with Crippen LogP contribution in [0.4, 0.5) is 0 Å². The molecule has 2 heterocycles. The van der Waals surface area contributed by atoms with Crippen molar-refractivity contribution in [3.05, 3.63) is 60.1 Å². The Kier molecular flexibility index (Phi) is 5.30. The van der Waals surface area contributed by atoms with E-state index in [4.69, 9.17) is 4.42 Å². The Balaban J connectivity index is 1.68. The molecule has 1 aromatic carbocycles. The highest BCUT2D eigenvalue weighted by molar-refractivity contribution is 5.19. The number of nitrogens with one attached hydrogen (secondary N) is 1. The molecule has 118 valence electrons. The Labute approximate surface area is 133 Å². The van der Waals surface area contributed by atoms with E-state index in [2.05, 4.69) is 53.5 Å². The van der Waals surface area contributed by atoms with Crippen LogP contribution in [0.1, 0.15) is 49.6 Å². The first-order valence-electron chi connectivity index (χ1n) is 8.44. The average molecular weight is 298 g/mol. The molecule has 3 rings (SSSR count). The molecule has 1 aliphatic heterocycles. The van der Waals surface area contributed by atoms with Crippen molar-refractivity contribution in [1.82, 2.24) is 10.2 Å². The van der Waals surface area contributed by atoms with Crippen LogP contribution in [0.3, 0.4) is 0 Å². The summed E-state index contributed by atoms with van der Waals surface area (Å²) in [6, 6.07) is 15.6. The molecule has 1 N–H and O–H groups in total. The van der Waals surface area contributed by atoms with E-state index in [9.17, 15) is 0 Å². The van der Waals surface area contributed by atoms with E-state index in [1.54, 1.807) is 6.26 Å². The molecular formula is C19H26N2O. The van der Waals surface area contributed by atoms with Crippen LogP contribution in [0.15, 0.2) is 53.1 Å². The Morgan fingerprint density at radius 3 is 2.50 bits per heavy atom. The van der Waals surface area contributed by atoms with E-state index in [0.29, 0.717) is 12.1 Å². The minimum Gasteiger partial charge on any atom is -0.468 e. The van der Waals surface area contributed by atoms with Gasteiger partial charge in [0.1, 0.15) is 5.76 Å². The summed E-state index contributed by atoms with van der Waals surface area (Å²) < 4.78 is 5.70. The second-order valence-corrected chi connectivity index (χ2v) is 6.05. The van der Waals surface area contributed by atoms with Crippen molar-refractivity contribution in [3.63, 3.8) is 0 Å². The number of likely N-dealkylation sites (tertiary alicyclic amines) is 1. The maximum Gasteiger partial charge on any atom is 0.122 e. The second-order valence-electron chi connectivity index (χ2n) is 6.05. The van der Waals surface area contributed by atoms with Crippen LogP contribution in [-0.2, 0) is 0 Å². The molecule has 3 heteroatoms. The van der Waals surface area contributed by atoms with Gasteiger partial charge in [-0.2, -0.15) is 0 Å². The third kappa shape index (κ3) is 3.60. The lowest BCUT2D eigenvalue weighted by atomic mass is 10.0. The normalized spacial score (nSPS) is 18.4. The van der Waals surface area contributed by atoms with E-state index in [1.165, 1.54) is 31.5 Å². The Bertz CT molecular complexity index is 532. The van der Waals surface area contributed by atoms with Gasteiger partial charge in [0.05, 0.1) is 12.3 Å². The first-order chi connectivity index (χ1) is 10.9. The third-order valence-electron chi connectivity index (χ3n) is 4.62. The number of rotatable bonds is 7. The molecule has 22 heavy (non-hydrogen) atoms. The summed E-state index contributed by atoms with van der Waals surface area (Å²) in [4.78, 5) is 2.55. The molecular weight excluding hydrogens is 272 g/mol. The maximum absolute atomic E-state index is 5.70. The second kappa shape index (κ2) is 7.61. The zero-order chi connectivity index (χ0) is 15.2. The van der Waals surface area contributed by atoms with Crippen LogP contribution in [0, 0.1) is 0 Å². The molecule has 0 radical (unpaired) electrons. The largest absolute Gasteiger partial charge is 0.468 e. The van der Waals surface area contributed by atoms with Gasteiger partial charge in [0, 0.05) is 12.6 Å². The van der Waals surface area contributed by atoms with Gasteiger partial charge >= 0.3 is 0 Å². The highest BCUT2D eigenvalue weighted by atomic mass is 16.3. The SMILES string of the molecule is CCC(NCC(c1ccco1)N1CCCC1)c1ccccc1. The monoisotopic (exact) mass is 298 g/mol. The van der Waals surface area contributed by atoms with Crippen LogP contribution >= 0.6 is 0 Å². The summed E-state index contributed by atoms with van der Waals surface area (Å²) in [5.41, 5.74) is 1.37. The summed E-state index contributed by atoms with van der Waals surface area (Å²) in [6.07, 6.45) is 5.47. The Hall–Kier alpha value is -1.58. The Morgan fingerprint density at radius 2 is 1.86 bits per heavy atom. The summed E-state index contributed by atoms with van der Waals surface area (Å²) in [6.45, 7) is 5.52. The van der Waals surface area contributed by atoms with E-state index in [0.717, 1.165) is 18.7 Å². The maximum atomic E-state index is 5.70. The Morgan fingerprint density at radius 1 is 1.09 bits per heavy atom. The smallest absolute Gasteiger partial charge is 0.122 e. The van der Waals surface area contributed by atoms with Gasteiger partial charge in [-0.15, -0.1) is 0 Å². The summed E-state index contributed by atoms with van der Waals surface area (Å²) in [5, 5.41) is 3.75. The van der Waals surface area contributed by atoms with E-state index < -0.39 is 0 Å². The van der Waals surface area contributed by atoms with Gasteiger partial charge in [0.2, 0.25) is 0 Å². The molecule has 2 unspecified atom stereocenters. The number of furan rings is 1. The lowest BCUT2D eigenvalue weighted by molar-refractivity contribution is 0.204. The van der Waals surface area contributed by atoms with E-state index in [1.807, 2.05) is 6.07 Å². The lowest BCUT2D eigenvalue weighted by Crippen LogP contribution is -2.35. The standard InChI is InChI=1S/C19H26N2O/c1-2-17(16-9-4-3-5-10-16)20-15-18(19-11-8-14-22-19)21-12-6-7-13-21/h3-5,8-11,14,17-18,20H,2,6-7,12-13,15H2,1H3. The van der Waals surface area contributed by atoms with Gasteiger partial charge in [-0.05, 0) is 50.0 Å². The topological polar surface area (TPSA) is 28.4 Å². The molecule has 0 saturated carbocycles. The minimum absolute atomic E-state index is 0.343. The number of hydrogen-bond acceptors (Lipinski definition) is 3. The molecule has 0 amide bonds. The van der Waals surface area contributed by atoms with Crippen LogP contribution < -0.4 is 5.32 Å². The fraction of sp³-hybridized carbons (Fsp3) is 0.474. The van der Waals surface area contributed by atoms with Gasteiger partial charge in [-0.1, -0.05) is 37.3 Å². The predicted octanol–water partition coefficient (Wildman–Crippen LogP) is 4.16. The fourth-order valence-electron chi connectivity index (χ4n) is 3.38. The molecule has 1 fully saturated rings. The van der Waals surface area contributed by atoms with Crippen LogP contribution in [-0.4, -0.2) is 24.5 Å². The molecule has 0 aliphatic carbocycles. The van der Waals surface area contributed by atoms with Crippen molar-refractivity contribution in [2.45, 2.75) is 38.3 Å². The molecule has 0 bridgehead atoms.